The third kappa shape index (κ3) is 2.62. The van der Waals surface area contributed by atoms with Crippen molar-refractivity contribution in [2.24, 2.45) is 0 Å². The number of nitro groups is 1. The number of aryl methyl sites for hydroxylation is 2. The first-order valence-electron chi connectivity index (χ1n) is 5.63. The highest BCUT2D eigenvalue weighted by atomic mass is 16.6. The zero-order valence-corrected chi connectivity index (χ0v) is 10.6. The molecule has 0 aliphatic rings. The van der Waals surface area contributed by atoms with E-state index in [-0.39, 0.29) is 17.3 Å². The van der Waals surface area contributed by atoms with Crippen LogP contribution in [0.15, 0.2) is 30.5 Å². The van der Waals surface area contributed by atoms with Crippen molar-refractivity contribution in [1.29, 1.82) is 0 Å². The van der Waals surface area contributed by atoms with Crippen LogP contribution < -0.4 is 10.5 Å². The predicted octanol–water partition coefficient (Wildman–Crippen LogP) is 2.98. The molecule has 0 aliphatic heterocycles. The molecule has 2 rings (SSSR count). The van der Waals surface area contributed by atoms with E-state index in [0.717, 1.165) is 5.56 Å². The maximum atomic E-state index is 11.1. The monoisotopic (exact) mass is 259 g/mol. The van der Waals surface area contributed by atoms with E-state index in [1.807, 2.05) is 6.07 Å². The van der Waals surface area contributed by atoms with Crippen molar-refractivity contribution in [3.05, 3.63) is 51.7 Å². The highest BCUT2D eigenvalue weighted by Gasteiger charge is 2.20. The minimum absolute atomic E-state index is 0.0949. The standard InChI is InChI=1S/C13H13N3O3/c1-8-6-9(2)12(11(7-8)16(17)18)19-13-10(14)4-3-5-15-13/h3-7H,14H2,1-2H3. The molecule has 0 saturated heterocycles. The summed E-state index contributed by atoms with van der Waals surface area (Å²) in [7, 11) is 0. The Morgan fingerprint density at radius 2 is 2.11 bits per heavy atom. The maximum absolute atomic E-state index is 11.1. The molecule has 0 fully saturated rings. The predicted molar refractivity (Wildman–Crippen MR) is 71.3 cm³/mol. The summed E-state index contributed by atoms with van der Waals surface area (Å²) in [5, 5.41) is 11.1. The van der Waals surface area contributed by atoms with Gasteiger partial charge in [0.05, 0.1) is 10.6 Å². The molecule has 98 valence electrons. The molecular weight excluding hydrogens is 246 g/mol. The van der Waals surface area contributed by atoms with Crippen molar-refractivity contribution in [1.82, 2.24) is 4.98 Å². The van der Waals surface area contributed by atoms with Crippen LogP contribution in [0.3, 0.4) is 0 Å². The summed E-state index contributed by atoms with van der Waals surface area (Å²) in [4.78, 5) is 14.6. The number of pyridine rings is 1. The fourth-order valence-corrected chi connectivity index (χ4v) is 1.79. The topological polar surface area (TPSA) is 91.3 Å². The van der Waals surface area contributed by atoms with Crippen molar-refractivity contribution in [2.75, 3.05) is 5.73 Å². The molecule has 0 amide bonds. The Labute approximate surface area is 110 Å². The molecular formula is C13H13N3O3. The summed E-state index contributed by atoms with van der Waals surface area (Å²) in [6.07, 6.45) is 1.51. The van der Waals surface area contributed by atoms with Crippen molar-refractivity contribution >= 4 is 11.4 Å². The van der Waals surface area contributed by atoms with E-state index in [1.165, 1.54) is 12.3 Å². The average Bonchev–Trinajstić information content (AvgIpc) is 2.34. The number of hydrogen-bond donors (Lipinski definition) is 1. The number of hydrogen-bond acceptors (Lipinski definition) is 5. The molecule has 1 aromatic heterocycles. The first kappa shape index (κ1) is 12.8. The Hall–Kier alpha value is -2.63. The molecule has 0 spiro atoms. The van der Waals surface area contributed by atoms with E-state index in [2.05, 4.69) is 4.98 Å². The van der Waals surface area contributed by atoms with Crippen molar-refractivity contribution in [3.8, 4) is 11.6 Å². The third-order valence-corrected chi connectivity index (χ3v) is 2.60. The molecule has 0 aliphatic carbocycles. The van der Waals surface area contributed by atoms with Crippen molar-refractivity contribution < 1.29 is 9.66 Å². The normalized spacial score (nSPS) is 10.2. The fourth-order valence-electron chi connectivity index (χ4n) is 1.79. The number of ether oxygens (including phenoxy) is 1. The molecule has 6 nitrogen and oxygen atoms in total. The summed E-state index contributed by atoms with van der Waals surface area (Å²) in [6.45, 7) is 3.54. The number of nitro benzene ring substituents is 1. The molecule has 0 radical (unpaired) electrons. The van der Waals surface area contributed by atoms with Crippen LogP contribution in [0, 0.1) is 24.0 Å². The number of nitrogens with two attached hydrogens (primary N) is 1. The fraction of sp³-hybridized carbons (Fsp3) is 0.154. The number of anilines is 1. The van der Waals surface area contributed by atoms with Gasteiger partial charge in [0.1, 0.15) is 0 Å². The quantitative estimate of drug-likeness (QED) is 0.675. The summed E-state index contributed by atoms with van der Waals surface area (Å²) in [5.41, 5.74) is 7.41. The van der Waals surface area contributed by atoms with Gasteiger partial charge in [0.15, 0.2) is 0 Å². The van der Waals surface area contributed by atoms with E-state index in [9.17, 15) is 10.1 Å². The largest absolute Gasteiger partial charge is 0.429 e. The van der Waals surface area contributed by atoms with E-state index in [4.69, 9.17) is 10.5 Å². The van der Waals surface area contributed by atoms with Crippen LogP contribution >= 0.6 is 0 Å². The zero-order chi connectivity index (χ0) is 14.0. The lowest BCUT2D eigenvalue weighted by atomic mass is 10.1. The van der Waals surface area contributed by atoms with Gasteiger partial charge < -0.3 is 10.5 Å². The minimum atomic E-state index is -0.478. The second kappa shape index (κ2) is 4.93. The molecule has 6 heteroatoms. The van der Waals surface area contributed by atoms with Gasteiger partial charge in [-0.15, -0.1) is 0 Å². The molecule has 0 atom stereocenters. The highest BCUT2D eigenvalue weighted by Crippen LogP contribution is 2.36. The van der Waals surface area contributed by atoms with Crippen LogP contribution in [0.2, 0.25) is 0 Å². The van der Waals surface area contributed by atoms with E-state index < -0.39 is 4.92 Å². The lowest BCUT2D eigenvalue weighted by Gasteiger charge is -2.10. The Morgan fingerprint density at radius 1 is 1.37 bits per heavy atom. The Kier molecular flexibility index (Phi) is 3.33. The average molecular weight is 259 g/mol. The number of benzene rings is 1. The lowest BCUT2D eigenvalue weighted by molar-refractivity contribution is -0.385. The van der Waals surface area contributed by atoms with Gasteiger partial charge in [-0.25, -0.2) is 4.98 Å². The summed E-state index contributed by atoms with van der Waals surface area (Å²) in [5.74, 6) is 0.332. The molecule has 1 aromatic carbocycles. The molecule has 0 unspecified atom stereocenters. The highest BCUT2D eigenvalue weighted by molar-refractivity contribution is 5.57. The van der Waals surface area contributed by atoms with Crippen LogP contribution in [-0.4, -0.2) is 9.91 Å². The number of nitrogens with zero attached hydrogens (tertiary/aromatic N) is 2. The molecule has 19 heavy (non-hydrogen) atoms. The van der Waals surface area contributed by atoms with Crippen LogP contribution in [-0.2, 0) is 0 Å². The van der Waals surface area contributed by atoms with Crippen LogP contribution in [0.5, 0.6) is 11.6 Å². The lowest BCUT2D eigenvalue weighted by Crippen LogP contribution is -2.00. The first-order chi connectivity index (χ1) is 8.99. The van der Waals surface area contributed by atoms with Gasteiger partial charge in [-0.2, -0.15) is 0 Å². The second-order valence-corrected chi connectivity index (χ2v) is 4.19. The van der Waals surface area contributed by atoms with Gasteiger partial charge in [-0.3, -0.25) is 10.1 Å². The molecule has 2 aromatic rings. The van der Waals surface area contributed by atoms with Gasteiger partial charge >= 0.3 is 5.69 Å². The van der Waals surface area contributed by atoms with Gasteiger partial charge in [0, 0.05) is 12.3 Å². The Balaban J connectivity index is 2.51. The minimum Gasteiger partial charge on any atom is -0.429 e. The number of nitrogen functional groups attached to an aromatic ring is 1. The Bertz CT molecular complexity index is 641. The Morgan fingerprint density at radius 3 is 2.74 bits per heavy atom. The summed E-state index contributed by atoms with van der Waals surface area (Å²) < 4.78 is 5.51. The van der Waals surface area contributed by atoms with Gasteiger partial charge in [0.25, 0.3) is 0 Å². The molecule has 0 bridgehead atoms. The van der Waals surface area contributed by atoms with Gasteiger partial charge in [0.2, 0.25) is 11.6 Å². The van der Waals surface area contributed by atoms with Gasteiger partial charge in [-0.05, 0) is 37.1 Å². The van der Waals surface area contributed by atoms with Crippen molar-refractivity contribution in [2.45, 2.75) is 13.8 Å². The van der Waals surface area contributed by atoms with Gasteiger partial charge in [-0.1, -0.05) is 6.07 Å². The zero-order valence-electron chi connectivity index (χ0n) is 10.6. The second-order valence-electron chi connectivity index (χ2n) is 4.19. The smallest absolute Gasteiger partial charge is 0.312 e. The van der Waals surface area contributed by atoms with Crippen LogP contribution in [0.4, 0.5) is 11.4 Å². The number of aromatic nitrogens is 1. The summed E-state index contributed by atoms with van der Waals surface area (Å²) in [6, 6.07) is 6.55. The van der Waals surface area contributed by atoms with Crippen LogP contribution in [0.1, 0.15) is 11.1 Å². The summed E-state index contributed by atoms with van der Waals surface area (Å²) >= 11 is 0. The SMILES string of the molecule is Cc1cc(C)c(Oc2ncccc2N)c([N+](=O)[O-])c1. The van der Waals surface area contributed by atoms with E-state index >= 15 is 0 Å². The molecule has 1 heterocycles. The van der Waals surface area contributed by atoms with E-state index in [0.29, 0.717) is 11.3 Å². The number of rotatable bonds is 3. The molecule has 0 saturated carbocycles. The van der Waals surface area contributed by atoms with E-state index in [1.54, 1.807) is 26.0 Å². The third-order valence-electron chi connectivity index (χ3n) is 2.60. The maximum Gasteiger partial charge on any atom is 0.312 e. The first-order valence-corrected chi connectivity index (χ1v) is 5.63. The van der Waals surface area contributed by atoms with Crippen molar-refractivity contribution in [3.63, 3.8) is 0 Å². The molecule has 2 N–H and O–H groups in total. The van der Waals surface area contributed by atoms with Crippen LogP contribution in [0.25, 0.3) is 0 Å².